The Kier molecular flexibility index (Phi) is 7.88. The standard InChI is InChI=1S/C19H35N7O2S/c1-3-29(27,28)25-14-10-16(11-15-25)22-19(20-2)21-12-7-9-18-24-23-17-8-5-4-6-13-26(17)18/h16H,3-15H2,1-2H3,(H2,20,21,22). The number of nitrogens with zero attached hydrogens (tertiary/aromatic N) is 5. The maximum absolute atomic E-state index is 12.0. The van der Waals surface area contributed by atoms with E-state index in [0.29, 0.717) is 13.1 Å². The zero-order chi connectivity index (χ0) is 20.7. The molecule has 164 valence electrons. The summed E-state index contributed by atoms with van der Waals surface area (Å²) in [7, 11) is -1.31. The minimum atomic E-state index is -3.08. The Balaban J connectivity index is 1.39. The van der Waals surface area contributed by atoms with Crippen molar-refractivity contribution in [3.63, 3.8) is 0 Å². The normalized spacial score (nSPS) is 19.6. The first-order chi connectivity index (χ1) is 14.0. The fraction of sp³-hybridized carbons (Fsp3) is 0.842. The van der Waals surface area contributed by atoms with Crippen molar-refractivity contribution in [2.24, 2.45) is 4.99 Å². The molecule has 0 atom stereocenters. The molecule has 0 aromatic carbocycles. The molecule has 3 heterocycles. The fourth-order valence-electron chi connectivity index (χ4n) is 4.03. The van der Waals surface area contributed by atoms with E-state index in [2.05, 4.69) is 30.4 Å². The molecular weight excluding hydrogens is 390 g/mol. The summed E-state index contributed by atoms with van der Waals surface area (Å²) in [5.74, 6) is 3.18. The number of nitrogens with one attached hydrogen (secondary N) is 2. The molecule has 1 saturated heterocycles. The van der Waals surface area contributed by atoms with E-state index in [4.69, 9.17) is 0 Å². The van der Waals surface area contributed by atoms with Gasteiger partial charge in [0.25, 0.3) is 0 Å². The Morgan fingerprint density at radius 2 is 1.97 bits per heavy atom. The summed E-state index contributed by atoms with van der Waals surface area (Å²) < 4.78 is 27.9. The number of hydrogen-bond acceptors (Lipinski definition) is 5. The molecule has 0 spiro atoms. The number of rotatable bonds is 7. The van der Waals surface area contributed by atoms with Gasteiger partial charge < -0.3 is 15.2 Å². The van der Waals surface area contributed by atoms with Crippen molar-refractivity contribution in [2.45, 2.75) is 70.9 Å². The van der Waals surface area contributed by atoms with Crippen molar-refractivity contribution < 1.29 is 8.42 Å². The van der Waals surface area contributed by atoms with Crippen molar-refractivity contribution >= 4 is 16.0 Å². The van der Waals surface area contributed by atoms with Gasteiger partial charge in [0.1, 0.15) is 11.6 Å². The van der Waals surface area contributed by atoms with Crippen molar-refractivity contribution in [3.05, 3.63) is 11.6 Å². The average molecular weight is 426 g/mol. The molecule has 0 radical (unpaired) electrons. The number of piperidine rings is 1. The lowest BCUT2D eigenvalue weighted by atomic mass is 10.1. The summed E-state index contributed by atoms with van der Waals surface area (Å²) in [5.41, 5.74) is 0. The number of sulfonamides is 1. The van der Waals surface area contributed by atoms with E-state index in [1.165, 1.54) is 19.3 Å². The maximum atomic E-state index is 12.0. The number of aromatic nitrogens is 3. The predicted octanol–water partition coefficient (Wildman–Crippen LogP) is 0.916. The van der Waals surface area contributed by atoms with Gasteiger partial charge in [-0.2, -0.15) is 0 Å². The van der Waals surface area contributed by atoms with Crippen molar-refractivity contribution in [2.75, 3.05) is 32.4 Å². The van der Waals surface area contributed by atoms with E-state index in [1.54, 1.807) is 18.3 Å². The van der Waals surface area contributed by atoms with Gasteiger partial charge in [-0.3, -0.25) is 4.99 Å². The van der Waals surface area contributed by atoms with Crippen LogP contribution in [0.5, 0.6) is 0 Å². The van der Waals surface area contributed by atoms with Crippen LogP contribution in [0.4, 0.5) is 0 Å². The van der Waals surface area contributed by atoms with E-state index >= 15 is 0 Å². The van der Waals surface area contributed by atoms with Gasteiger partial charge in [0.2, 0.25) is 10.0 Å². The van der Waals surface area contributed by atoms with Crippen molar-refractivity contribution in [1.29, 1.82) is 0 Å². The largest absolute Gasteiger partial charge is 0.356 e. The summed E-state index contributed by atoms with van der Waals surface area (Å²) in [6, 6.07) is 0.247. The first-order valence-corrected chi connectivity index (χ1v) is 12.5. The number of hydrogen-bond donors (Lipinski definition) is 2. The Labute approximate surface area is 174 Å². The van der Waals surface area contributed by atoms with E-state index in [1.807, 2.05) is 0 Å². The molecule has 29 heavy (non-hydrogen) atoms. The lowest BCUT2D eigenvalue weighted by molar-refractivity contribution is 0.306. The van der Waals surface area contributed by atoms with Gasteiger partial charge in [-0.25, -0.2) is 12.7 Å². The van der Waals surface area contributed by atoms with Crippen LogP contribution in [-0.4, -0.2) is 71.9 Å². The van der Waals surface area contributed by atoms with Gasteiger partial charge in [-0.1, -0.05) is 6.42 Å². The van der Waals surface area contributed by atoms with Crippen LogP contribution in [0.3, 0.4) is 0 Å². The van der Waals surface area contributed by atoms with E-state index in [9.17, 15) is 8.42 Å². The van der Waals surface area contributed by atoms with Gasteiger partial charge >= 0.3 is 0 Å². The molecule has 0 saturated carbocycles. The Bertz CT molecular complexity index is 782. The second-order valence-electron chi connectivity index (χ2n) is 7.82. The summed E-state index contributed by atoms with van der Waals surface area (Å²) in [6.45, 7) is 4.69. The zero-order valence-electron chi connectivity index (χ0n) is 17.7. The maximum Gasteiger partial charge on any atom is 0.213 e. The fourth-order valence-corrected chi connectivity index (χ4v) is 5.16. The molecule has 9 nitrogen and oxygen atoms in total. The topological polar surface area (TPSA) is 105 Å². The highest BCUT2D eigenvalue weighted by molar-refractivity contribution is 7.89. The lowest BCUT2D eigenvalue weighted by Crippen LogP contribution is -2.50. The van der Waals surface area contributed by atoms with Crippen LogP contribution in [0, 0.1) is 0 Å². The first kappa shape index (κ1) is 22.0. The average Bonchev–Trinajstić information content (AvgIpc) is 2.96. The number of guanidine groups is 1. The Hall–Kier alpha value is -1.68. The quantitative estimate of drug-likeness (QED) is 0.382. The molecule has 10 heteroatoms. The van der Waals surface area contributed by atoms with Crippen molar-refractivity contribution in [1.82, 2.24) is 29.7 Å². The number of fused-ring (bicyclic) bond motifs is 1. The number of aliphatic imine (C=N–C) groups is 1. The van der Waals surface area contributed by atoms with Crippen LogP contribution in [0.15, 0.2) is 4.99 Å². The van der Waals surface area contributed by atoms with Crippen LogP contribution in [0.25, 0.3) is 0 Å². The lowest BCUT2D eigenvalue weighted by Gasteiger charge is -2.32. The first-order valence-electron chi connectivity index (χ1n) is 10.9. The third kappa shape index (κ3) is 5.91. The SMILES string of the molecule is CCS(=O)(=O)N1CCC(NC(=NC)NCCCc2nnc3n2CCCCC3)CC1. The third-order valence-electron chi connectivity index (χ3n) is 5.83. The van der Waals surface area contributed by atoms with Crippen LogP contribution in [-0.2, 0) is 29.4 Å². The Morgan fingerprint density at radius 3 is 2.69 bits per heavy atom. The highest BCUT2D eigenvalue weighted by Gasteiger charge is 2.27. The second kappa shape index (κ2) is 10.4. The van der Waals surface area contributed by atoms with E-state index in [0.717, 1.165) is 62.8 Å². The summed E-state index contributed by atoms with van der Waals surface area (Å²) in [5, 5.41) is 15.6. The summed E-state index contributed by atoms with van der Waals surface area (Å²) in [4.78, 5) is 4.31. The van der Waals surface area contributed by atoms with Gasteiger partial charge in [-0.15, -0.1) is 10.2 Å². The highest BCUT2D eigenvalue weighted by Crippen LogP contribution is 2.16. The molecule has 1 aromatic heterocycles. The molecule has 0 amide bonds. The smallest absolute Gasteiger partial charge is 0.213 e. The number of aryl methyl sites for hydroxylation is 2. The van der Waals surface area contributed by atoms with Crippen LogP contribution in [0.2, 0.25) is 0 Å². The van der Waals surface area contributed by atoms with Gasteiger partial charge in [0.15, 0.2) is 5.96 Å². The molecule has 2 N–H and O–H groups in total. The van der Waals surface area contributed by atoms with Crippen LogP contribution >= 0.6 is 0 Å². The van der Waals surface area contributed by atoms with Gasteiger partial charge in [-0.05, 0) is 39.0 Å². The van der Waals surface area contributed by atoms with Crippen LogP contribution in [0.1, 0.15) is 57.1 Å². The molecule has 2 aliphatic heterocycles. The minimum Gasteiger partial charge on any atom is -0.356 e. The monoisotopic (exact) mass is 425 g/mol. The molecule has 0 unspecified atom stereocenters. The molecule has 1 fully saturated rings. The molecule has 0 aliphatic carbocycles. The second-order valence-corrected chi connectivity index (χ2v) is 10.1. The Morgan fingerprint density at radius 1 is 1.17 bits per heavy atom. The third-order valence-corrected chi connectivity index (χ3v) is 7.71. The molecule has 2 aliphatic rings. The molecule has 3 rings (SSSR count). The van der Waals surface area contributed by atoms with Crippen molar-refractivity contribution in [3.8, 4) is 0 Å². The van der Waals surface area contributed by atoms with E-state index in [-0.39, 0.29) is 11.8 Å². The molecule has 0 bridgehead atoms. The van der Waals surface area contributed by atoms with Gasteiger partial charge in [0.05, 0.1) is 5.75 Å². The highest BCUT2D eigenvalue weighted by atomic mass is 32.2. The molecule has 1 aromatic rings. The predicted molar refractivity (Wildman–Crippen MR) is 114 cm³/mol. The zero-order valence-corrected chi connectivity index (χ0v) is 18.5. The van der Waals surface area contributed by atoms with Gasteiger partial charge in [0, 0.05) is 52.1 Å². The summed E-state index contributed by atoms with van der Waals surface area (Å²) >= 11 is 0. The van der Waals surface area contributed by atoms with Crippen LogP contribution < -0.4 is 10.6 Å². The minimum absolute atomic E-state index is 0.170. The molecular formula is C19H35N7O2S. The summed E-state index contributed by atoms with van der Waals surface area (Å²) in [6.07, 6.45) is 8.21. The van der Waals surface area contributed by atoms with E-state index < -0.39 is 10.0 Å².